The first kappa shape index (κ1) is 21.0. The Kier molecular flexibility index (Phi) is 6.34. The van der Waals surface area contributed by atoms with Gasteiger partial charge in [-0.2, -0.15) is 4.31 Å². The molecule has 1 amide bonds. The van der Waals surface area contributed by atoms with E-state index in [1.807, 2.05) is 31.2 Å². The van der Waals surface area contributed by atoms with Gasteiger partial charge in [-0.05, 0) is 43.5 Å². The molecule has 1 aliphatic rings. The molecular weight excluding hydrogens is 392 g/mol. The molecule has 1 saturated heterocycles. The van der Waals surface area contributed by atoms with Gasteiger partial charge in [0.2, 0.25) is 15.9 Å². The highest BCUT2D eigenvalue weighted by Gasteiger charge is 2.34. The van der Waals surface area contributed by atoms with Crippen molar-refractivity contribution in [2.24, 2.45) is 5.92 Å². The topological polar surface area (TPSA) is 92.8 Å². The molecule has 0 aromatic heterocycles. The number of rotatable bonds is 5. The summed E-state index contributed by atoms with van der Waals surface area (Å²) in [5.74, 6) is -1.07. The fraction of sp³-hybridized carbons (Fsp3) is 0.333. The van der Waals surface area contributed by atoms with Crippen molar-refractivity contribution < 1.29 is 22.7 Å². The second kappa shape index (κ2) is 8.75. The van der Waals surface area contributed by atoms with Crippen molar-refractivity contribution in [3.63, 3.8) is 0 Å². The Morgan fingerprint density at radius 2 is 1.66 bits per heavy atom. The van der Waals surface area contributed by atoms with Crippen LogP contribution in [0.25, 0.3) is 0 Å². The molecule has 8 heteroatoms. The number of amides is 1. The van der Waals surface area contributed by atoms with Gasteiger partial charge in [0.05, 0.1) is 17.6 Å². The van der Waals surface area contributed by atoms with Crippen LogP contribution in [-0.2, 0) is 19.6 Å². The second-order valence-corrected chi connectivity index (χ2v) is 8.88. The normalized spacial score (nSPS) is 15.7. The van der Waals surface area contributed by atoms with E-state index in [4.69, 9.17) is 4.74 Å². The summed E-state index contributed by atoms with van der Waals surface area (Å²) in [6, 6.07) is 13.5. The molecule has 1 heterocycles. The van der Waals surface area contributed by atoms with Crippen LogP contribution in [0.3, 0.4) is 0 Å². The van der Waals surface area contributed by atoms with Crippen molar-refractivity contribution in [1.29, 1.82) is 0 Å². The quantitative estimate of drug-likeness (QED) is 0.757. The maximum atomic E-state index is 13.1. The number of esters is 1. The molecule has 154 valence electrons. The molecule has 0 aliphatic carbocycles. The van der Waals surface area contributed by atoms with Crippen LogP contribution in [0.1, 0.15) is 28.8 Å². The number of ether oxygens (including phenoxy) is 1. The average Bonchev–Trinajstić information content (AvgIpc) is 2.74. The maximum Gasteiger partial charge on any atom is 0.339 e. The number of hydrogen-bond donors (Lipinski definition) is 1. The van der Waals surface area contributed by atoms with Gasteiger partial charge in [0.1, 0.15) is 0 Å². The summed E-state index contributed by atoms with van der Waals surface area (Å²) in [5.41, 5.74) is 1.74. The largest absolute Gasteiger partial charge is 0.465 e. The zero-order valence-electron chi connectivity index (χ0n) is 16.4. The number of hydrogen-bond acceptors (Lipinski definition) is 5. The van der Waals surface area contributed by atoms with Crippen LogP contribution in [0.2, 0.25) is 0 Å². The Hall–Kier alpha value is -2.71. The molecule has 2 aromatic carbocycles. The van der Waals surface area contributed by atoms with Crippen LogP contribution < -0.4 is 5.32 Å². The minimum atomic E-state index is -3.86. The minimum absolute atomic E-state index is 0.00872. The Bertz CT molecular complexity index is 1010. The van der Waals surface area contributed by atoms with E-state index in [9.17, 15) is 18.0 Å². The zero-order chi connectivity index (χ0) is 21.0. The van der Waals surface area contributed by atoms with Gasteiger partial charge in [0.15, 0.2) is 0 Å². The van der Waals surface area contributed by atoms with Crippen molar-refractivity contribution in [3.05, 3.63) is 59.7 Å². The third-order valence-corrected chi connectivity index (χ3v) is 7.09. The molecule has 2 aromatic rings. The summed E-state index contributed by atoms with van der Waals surface area (Å²) >= 11 is 0. The Morgan fingerprint density at radius 3 is 2.31 bits per heavy atom. The number of benzene rings is 2. The smallest absolute Gasteiger partial charge is 0.339 e. The fourth-order valence-electron chi connectivity index (χ4n) is 3.42. The first-order valence-electron chi connectivity index (χ1n) is 9.38. The van der Waals surface area contributed by atoms with Gasteiger partial charge in [0.25, 0.3) is 0 Å². The highest BCUT2D eigenvalue weighted by atomic mass is 32.2. The first-order valence-corrected chi connectivity index (χ1v) is 10.8. The Balaban J connectivity index is 1.70. The lowest BCUT2D eigenvalue weighted by atomic mass is 9.97. The number of anilines is 1. The van der Waals surface area contributed by atoms with E-state index in [0.29, 0.717) is 12.8 Å². The Labute approximate surface area is 170 Å². The molecule has 0 atom stereocenters. The molecule has 3 rings (SSSR count). The van der Waals surface area contributed by atoms with E-state index in [1.165, 1.54) is 23.5 Å². The second-order valence-electron chi connectivity index (χ2n) is 6.97. The van der Waals surface area contributed by atoms with Crippen LogP contribution in [-0.4, -0.2) is 44.8 Å². The number of piperidine rings is 1. The molecule has 0 radical (unpaired) electrons. The van der Waals surface area contributed by atoms with Crippen LogP contribution in [0.4, 0.5) is 5.69 Å². The van der Waals surface area contributed by atoms with Crippen LogP contribution in [0, 0.1) is 12.8 Å². The molecule has 0 saturated carbocycles. The first-order chi connectivity index (χ1) is 13.8. The van der Waals surface area contributed by atoms with Gasteiger partial charge < -0.3 is 10.1 Å². The molecule has 7 nitrogen and oxygen atoms in total. The number of nitrogens with one attached hydrogen (secondary N) is 1. The van der Waals surface area contributed by atoms with Gasteiger partial charge in [-0.1, -0.05) is 30.3 Å². The average molecular weight is 416 g/mol. The van der Waals surface area contributed by atoms with E-state index in [1.54, 1.807) is 12.1 Å². The molecule has 0 unspecified atom stereocenters. The minimum Gasteiger partial charge on any atom is -0.465 e. The molecular formula is C21H24N2O5S. The summed E-state index contributed by atoms with van der Waals surface area (Å²) in [5, 5.41) is 2.93. The highest BCUT2D eigenvalue weighted by Crippen LogP contribution is 2.27. The summed E-state index contributed by atoms with van der Waals surface area (Å²) in [4.78, 5) is 24.5. The van der Waals surface area contributed by atoms with E-state index in [2.05, 4.69) is 5.32 Å². The molecule has 1 N–H and O–H groups in total. The molecule has 0 spiro atoms. The fourth-order valence-corrected chi connectivity index (χ4v) is 5.07. The number of carbonyl (C=O) groups excluding carboxylic acids is 2. The lowest BCUT2D eigenvalue weighted by molar-refractivity contribution is -0.120. The van der Waals surface area contributed by atoms with Gasteiger partial charge in [-0.3, -0.25) is 4.79 Å². The third-order valence-electron chi connectivity index (χ3n) is 5.14. The van der Waals surface area contributed by atoms with Gasteiger partial charge in [0, 0.05) is 24.7 Å². The summed E-state index contributed by atoms with van der Waals surface area (Å²) in [6.45, 7) is 2.34. The number of nitrogens with zero attached hydrogens (tertiary/aromatic N) is 1. The van der Waals surface area contributed by atoms with Gasteiger partial charge in [-0.15, -0.1) is 0 Å². The standard InChI is InChI=1S/C21H24N2O5S/c1-15-7-3-5-9-18(15)22-20(24)16-11-13-23(14-12-16)29(26,27)19-10-6-4-8-17(19)21(25)28-2/h3-10,16H,11-14H2,1-2H3,(H,22,24). The van der Waals surface area contributed by atoms with Crippen LogP contribution >= 0.6 is 0 Å². The number of carbonyl (C=O) groups is 2. The lowest BCUT2D eigenvalue weighted by Gasteiger charge is -2.31. The Morgan fingerprint density at radius 1 is 1.03 bits per heavy atom. The number of methoxy groups -OCH3 is 1. The summed E-state index contributed by atoms with van der Waals surface area (Å²) in [6.07, 6.45) is 0.828. The van der Waals surface area contributed by atoms with Gasteiger partial charge >= 0.3 is 5.97 Å². The molecule has 1 aliphatic heterocycles. The molecule has 0 bridgehead atoms. The van der Waals surface area contributed by atoms with Crippen LogP contribution in [0.15, 0.2) is 53.4 Å². The van der Waals surface area contributed by atoms with Crippen LogP contribution in [0.5, 0.6) is 0 Å². The van der Waals surface area contributed by atoms with Crippen molar-refractivity contribution >= 4 is 27.6 Å². The summed E-state index contributed by atoms with van der Waals surface area (Å²) < 4.78 is 32.1. The number of sulfonamides is 1. The van der Waals surface area contributed by atoms with Crippen molar-refractivity contribution in [2.45, 2.75) is 24.7 Å². The van der Waals surface area contributed by atoms with Crippen molar-refractivity contribution in [1.82, 2.24) is 4.31 Å². The summed E-state index contributed by atoms with van der Waals surface area (Å²) in [7, 11) is -2.65. The molecule has 29 heavy (non-hydrogen) atoms. The van der Waals surface area contributed by atoms with E-state index in [0.717, 1.165) is 11.3 Å². The number of para-hydroxylation sites is 1. The third kappa shape index (κ3) is 4.49. The highest BCUT2D eigenvalue weighted by molar-refractivity contribution is 7.89. The van der Waals surface area contributed by atoms with Crippen molar-refractivity contribution in [2.75, 3.05) is 25.5 Å². The molecule has 1 fully saturated rings. The van der Waals surface area contributed by atoms with E-state index in [-0.39, 0.29) is 35.4 Å². The van der Waals surface area contributed by atoms with Gasteiger partial charge in [-0.25, -0.2) is 13.2 Å². The zero-order valence-corrected chi connectivity index (χ0v) is 17.2. The lowest BCUT2D eigenvalue weighted by Crippen LogP contribution is -2.41. The monoisotopic (exact) mass is 416 g/mol. The van der Waals surface area contributed by atoms with E-state index >= 15 is 0 Å². The van der Waals surface area contributed by atoms with Crippen molar-refractivity contribution in [3.8, 4) is 0 Å². The predicted octanol–water partition coefficient (Wildman–Crippen LogP) is 2.82. The SMILES string of the molecule is COC(=O)c1ccccc1S(=O)(=O)N1CCC(C(=O)Nc2ccccc2C)CC1. The predicted molar refractivity (Wildman–Crippen MR) is 109 cm³/mol. The maximum absolute atomic E-state index is 13.1. The van der Waals surface area contributed by atoms with E-state index < -0.39 is 16.0 Å². The number of aryl methyl sites for hydroxylation is 1.